The molecule has 0 saturated carbocycles. The maximum atomic E-state index is 2.53. The Kier molecular flexibility index (Phi) is 7.49. The van der Waals surface area contributed by atoms with E-state index in [2.05, 4.69) is 222 Å². The Morgan fingerprint density at radius 1 is 0.323 bits per heavy atom. The maximum Gasteiger partial charge on any atom is 0.0434 e. The molecule has 0 N–H and O–H groups in total. The zero-order valence-corrected chi connectivity index (χ0v) is 37.7. The van der Waals surface area contributed by atoms with Crippen LogP contribution in [0.5, 0.6) is 0 Å². The summed E-state index contributed by atoms with van der Waals surface area (Å²) in [5.41, 5.74) is 18.5. The summed E-state index contributed by atoms with van der Waals surface area (Å²) in [5, 5.41) is 13.1. The first kappa shape index (κ1) is 37.1. The van der Waals surface area contributed by atoms with Crippen molar-refractivity contribution >= 4 is 74.6 Å². The highest BCUT2D eigenvalue weighted by Gasteiger charge is 2.41. The number of hydrogen-bond donors (Lipinski definition) is 0. The SMILES string of the molecule is CC1(C)c2ccc(-c3cc4sc5c6ccccc6ccc5c4c4c3C(C)(C)c3ccccc3-4)cc2-c2ccc(-c3c4ccccc4c(-c4cccc5ccccc45)c4ccccc34)cc21. The Bertz CT molecular complexity index is 4000. The van der Waals surface area contributed by atoms with E-state index in [0.29, 0.717) is 0 Å². The van der Waals surface area contributed by atoms with E-state index in [1.807, 2.05) is 11.3 Å². The van der Waals surface area contributed by atoms with Crippen LogP contribution in [0, 0.1) is 0 Å². The molecule has 0 atom stereocenters. The van der Waals surface area contributed by atoms with Gasteiger partial charge in [0.25, 0.3) is 0 Å². The van der Waals surface area contributed by atoms with Crippen molar-refractivity contribution in [1.29, 1.82) is 0 Å². The van der Waals surface area contributed by atoms with Crippen LogP contribution in [0.25, 0.3) is 119 Å². The van der Waals surface area contributed by atoms with Crippen molar-refractivity contribution in [2.24, 2.45) is 0 Å². The van der Waals surface area contributed by atoms with Crippen molar-refractivity contribution in [1.82, 2.24) is 0 Å². The number of thiophene rings is 1. The second-order valence-electron chi connectivity index (χ2n) is 19.5. The largest absolute Gasteiger partial charge is 0.134 e. The van der Waals surface area contributed by atoms with Gasteiger partial charge in [0.05, 0.1) is 0 Å². The van der Waals surface area contributed by atoms with Gasteiger partial charge < -0.3 is 0 Å². The van der Waals surface area contributed by atoms with Gasteiger partial charge in [-0.25, -0.2) is 0 Å². The quantitative estimate of drug-likeness (QED) is 0.155. The molecule has 306 valence electrons. The number of rotatable bonds is 3. The molecule has 1 heteroatoms. The topological polar surface area (TPSA) is 0 Å². The molecule has 0 radical (unpaired) electrons. The molecule has 0 spiro atoms. The van der Waals surface area contributed by atoms with Gasteiger partial charge in [-0.15, -0.1) is 11.3 Å². The Balaban J connectivity index is 0.975. The minimum Gasteiger partial charge on any atom is -0.134 e. The third-order valence-electron chi connectivity index (χ3n) is 15.4. The molecule has 11 aromatic carbocycles. The first-order valence-corrected chi connectivity index (χ1v) is 23.8. The van der Waals surface area contributed by atoms with Crippen LogP contribution in [0.4, 0.5) is 0 Å². The van der Waals surface area contributed by atoms with Crippen molar-refractivity contribution in [3.63, 3.8) is 0 Å². The van der Waals surface area contributed by atoms with Gasteiger partial charge in [0.2, 0.25) is 0 Å². The van der Waals surface area contributed by atoms with E-state index in [1.165, 1.54) is 141 Å². The fourth-order valence-corrected chi connectivity index (χ4v) is 13.7. The van der Waals surface area contributed by atoms with E-state index in [0.717, 1.165) is 0 Å². The van der Waals surface area contributed by atoms with Gasteiger partial charge >= 0.3 is 0 Å². The highest BCUT2D eigenvalue weighted by Crippen LogP contribution is 2.59. The predicted octanol–water partition coefficient (Wildman–Crippen LogP) is 18.3. The molecule has 12 aromatic rings. The second kappa shape index (κ2) is 13.1. The van der Waals surface area contributed by atoms with E-state index in [9.17, 15) is 0 Å². The predicted molar refractivity (Wildman–Crippen MR) is 281 cm³/mol. The van der Waals surface area contributed by atoms with Gasteiger partial charge in [-0.05, 0) is 139 Å². The van der Waals surface area contributed by atoms with Gasteiger partial charge in [0, 0.05) is 31.0 Å². The standard InChI is InChI=1S/C64H44S/c1-63(2)54-33-30-39(51-36-56-59(50-32-28-38-17-6-8-20-42(38)62(50)65-56)60-49-25-13-14-27-53(49)64(3,4)61(51)60)34-52(54)43-31-29-40(35-55(43)63)57-45-21-9-11-23-47(45)58(48-24-12-10-22-46(48)57)44-26-15-18-37-16-5-7-19-41(37)44/h5-36H,1-4H3. The van der Waals surface area contributed by atoms with Crippen LogP contribution < -0.4 is 0 Å². The van der Waals surface area contributed by atoms with Crippen LogP contribution in [-0.2, 0) is 10.8 Å². The van der Waals surface area contributed by atoms with E-state index >= 15 is 0 Å². The van der Waals surface area contributed by atoms with Crippen molar-refractivity contribution in [3.05, 3.63) is 216 Å². The Labute approximate surface area is 383 Å². The summed E-state index contributed by atoms with van der Waals surface area (Å²) >= 11 is 1.96. The third kappa shape index (κ3) is 4.97. The third-order valence-corrected chi connectivity index (χ3v) is 16.6. The lowest BCUT2D eigenvalue weighted by molar-refractivity contribution is 0.660. The van der Waals surface area contributed by atoms with Crippen LogP contribution in [0.15, 0.2) is 194 Å². The van der Waals surface area contributed by atoms with Crippen LogP contribution >= 0.6 is 11.3 Å². The summed E-state index contributed by atoms with van der Waals surface area (Å²) in [6.45, 7) is 9.72. The van der Waals surface area contributed by atoms with Crippen molar-refractivity contribution in [2.45, 2.75) is 38.5 Å². The minimum atomic E-state index is -0.179. The molecule has 0 nitrogen and oxygen atoms in total. The van der Waals surface area contributed by atoms with E-state index in [4.69, 9.17) is 0 Å². The lowest BCUT2D eigenvalue weighted by atomic mass is 9.77. The molecular weight excluding hydrogens is 801 g/mol. The van der Waals surface area contributed by atoms with Crippen LogP contribution in [0.3, 0.4) is 0 Å². The van der Waals surface area contributed by atoms with Crippen molar-refractivity contribution < 1.29 is 0 Å². The zero-order chi connectivity index (χ0) is 43.3. The zero-order valence-electron chi connectivity index (χ0n) is 36.9. The Morgan fingerprint density at radius 2 is 0.908 bits per heavy atom. The van der Waals surface area contributed by atoms with Crippen LogP contribution in [-0.4, -0.2) is 0 Å². The summed E-state index contributed by atoms with van der Waals surface area (Å²) in [4.78, 5) is 0. The average molecular weight is 845 g/mol. The average Bonchev–Trinajstić information content (AvgIpc) is 3.92. The molecule has 14 rings (SSSR count). The monoisotopic (exact) mass is 844 g/mol. The lowest BCUT2D eigenvalue weighted by Gasteiger charge is -2.25. The first-order valence-electron chi connectivity index (χ1n) is 23.0. The van der Waals surface area contributed by atoms with Crippen LogP contribution in [0.1, 0.15) is 49.9 Å². The molecule has 65 heavy (non-hydrogen) atoms. The lowest BCUT2D eigenvalue weighted by Crippen LogP contribution is -2.16. The van der Waals surface area contributed by atoms with E-state index in [-0.39, 0.29) is 10.8 Å². The minimum absolute atomic E-state index is 0.166. The molecule has 2 aliphatic rings. The molecule has 1 aromatic heterocycles. The van der Waals surface area contributed by atoms with Crippen LogP contribution in [0.2, 0.25) is 0 Å². The van der Waals surface area contributed by atoms with Gasteiger partial charge in [-0.1, -0.05) is 204 Å². The number of fused-ring (bicyclic) bond motifs is 15. The molecule has 0 fully saturated rings. The molecule has 0 bridgehead atoms. The fraction of sp³-hybridized carbons (Fsp3) is 0.0938. The molecule has 0 amide bonds. The number of benzene rings is 11. The van der Waals surface area contributed by atoms with Crippen molar-refractivity contribution in [3.8, 4) is 55.6 Å². The molecule has 0 saturated heterocycles. The normalized spacial score (nSPS) is 14.4. The fourth-order valence-electron chi connectivity index (χ4n) is 12.4. The summed E-state index contributed by atoms with van der Waals surface area (Å²) < 4.78 is 2.73. The summed E-state index contributed by atoms with van der Waals surface area (Å²) in [6.07, 6.45) is 0. The molecular formula is C64H44S. The number of hydrogen-bond acceptors (Lipinski definition) is 1. The summed E-state index contributed by atoms with van der Waals surface area (Å²) in [7, 11) is 0. The molecule has 0 aliphatic heterocycles. The van der Waals surface area contributed by atoms with Gasteiger partial charge in [-0.3, -0.25) is 0 Å². The van der Waals surface area contributed by atoms with E-state index in [1.54, 1.807) is 0 Å². The summed E-state index contributed by atoms with van der Waals surface area (Å²) in [6, 6.07) is 73.6. The highest BCUT2D eigenvalue weighted by molar-refractivity contribution is 7.26. The van der Waals surface area contributed by atoms with Gasteiger partial charge in [0.15, 0.2) is 0 Å². The Morgan fingerprint density at radius 3 is 1.66 bits per heavy atom. The van der Waals surface area contributed by atoms with Gasteiger partial charge in [-0.2, -0.15) is 0 Å². The van der Waals surface area contributed by atoms with Gasteiger partial charge in [0.1, 0.15) is 0 Å². The van der Waals surface area contributed by atoms with E-state index < -0.39 is 0 Å². The second-order valence-corrected chi connectivity index (χ2v) is 20.5. The first-order chi connectivity index (χ1) is 31.8. The Hall–Kier alpha value is -7.32. The molecule has 0 unspecified atom stereocenters. The van der Waals surface area contributed by atoms with Crippen molar-refractivity contribution in [2.75, 3.05) is 0 Å². The summed E-state index contributed by atoms with van der Waals surface area (Å²) in [5.74, 6) is 0. The molecule has 2 aliphatic carbocycles. The maximum absolute atomic E-state index is 2.53. The molecule has 1 heterocycles. The smallest absolute Gasteiger partial charge is 0.0434 e. The highest BCUT2D eigenvalue weighted by atomic mass is 32.1.